The van der Waals surface area contributed by atoms with Crippen LogP contribution < -0.4 is 11.1 Å². The number of rotatable bonds is 7. The summed E-state index contributed by atoms with van der Waals surface area (Å²) in [6.07, 6.45) is 12.5. The second-order valence-corrected chi connectivity index (χ2v) is 8.17. The number of likely N-dealkylation sites (tertiary alicyclic amines) is 1. The standard InChI is InChI=1S/C24H29N5O/c25-13-21(14-26)23-6-9-27-15-20(23)5-10-28-22-3-1-19(2-4-22)16-29-11-7-24(8-12-29)17-30-18-24/h1-6,9-10,13-15,25,28H,7-8,11-12,16-18,26H2/b10-5+,21-14?,25-13?. The molecule has 2 aliphatic heterocycles. The fraction of sp³-hybridized carbons (Fsp3) is 0.333. The zero-order valence-corrected chi connectivity index (χ0v) is 17.2. The van der Waals surface area contributed by atoms with Crippen LogP contribution in [0.2, 0.25) is 0 Å². The molecule has 156 valence electrons. The van der Waals surface area contributed by atoms with Gasteiger partial charge in [0.1, 0.15) is 0 Å². The molecule has 1 spiro atoms. The second kappa shape index (κ2) is 9.24. The van der Waals surface area contributed by atoms with Gasteiger partial charge in [0.2, 0.25) is 0 Å². The fourth-order valence-corrected chi connectivity index (χ4v) is 4.08. The number of hydrogen-bond acceptors (Lipinski definition) is 6. The lowest BCUT2D eigenvalue weighted by Gasteiger charge is -2.47. The van der Waals surface area contributed by atoms with Crippen LogP contribution in [0.1, 0.15) is 29.5 Å². The Balaban J connectivity index is 1.32. The minimum Gasteiger partial charge on any atom is -0.404 e. The van der Waals surface area contributed by atoms with E-state index in [-0.39, 0.29) is 0 Å². The number of nitrogens with one attached hydrogen (secondary N) is 2. The number of ether oxygens (including phenoxy) is 1. The summed E-state index contributed by atoms with van der Waals surface area (Å²) in [5, 5.41) is 10.8. The predicted molar refractivity (Wildman–Crippen MR) is 122 cm³/mol. The summed E-state index contributed by atoms with van der Waals surface area (Å²) in [5.74, 6) is 0. The first-order valence-corrected chi connectivity index (χ1v) is 10.4. The predicted octanol–water partition coefficient (Wildman–Crippen LogP) is 3.73. The molecule has 1 aromatic carbocycles. The molecule has 4 N–H and O–H groups in total. The molecule has 3 heterocycles. The van der Waals surface area contributed by atoms with Crippen LogP contribution in [0.5, 0.6) is 0 Å². The summed E-state index contributed by atoms with van der Waals surface area (Å²) in [5.41, 5.74) is 10.9. The van der Waals surface area contributed by atoms with Gasteiger partial charge in [0.25, 0.3) is 0 Å². The van der Waals surface area contributed by atoms with E-state index in [0.717, 1.165) is 49.7 Å². The number of allylic oxidation sites excluding steroid dienone is 1. The van der Waals surface area contributed by atoms with E-state index in [2.05, 4.69) is 39.5 Å². The molecule has 0 bridgehead atoms. The molecule has 2 fully saturated rings. The third-order valence-corrected chi connectivity index (χ3v) is 6.10. The lowest BCUT2D eigenvalue weighted by Crippen LogP contribution is -2.50. The maximum absolute atomic E-state index is 7.51. The SMILES string of the molecule is N=CC(=CN)c1ccncc1/C=C/Nc1ccc(CN2CCC3(CC2)COC3)cc1. The normalized spacial score (nSPS) is 19.0. The Hall–Kier alpha value is -2.96. The van der Waals surface area contributed by atoms with Crippen LogP contribution in [0, 0.1) is 10.8 Å². The maximum atomic E-state index is 7.51. The Morgan fingerprint density at radius 3 is 2.60 bits per heavy atom. The largest absolute Gasteiger partial charge is 0.404 e. The van der Waals surface area contributed by atoms with E-state index in [1.54, 1.807) is 12.4 Å². The molecule has 1 aromatic heterocycles. The van der Waals surface area contributed by atoms with Crippen molar-refractivity contribution in [2.75, 3.05) is 31.6 Å². The van der Waals surface area contributed by atoms with Crippen LogP contribution in [0.25, 0.3) is 11.6 Å². The molecule has 0 unspecified atom stereocenters. The summed E-state index contributed by atoms with van der Waals surface area (Å²) < 4.78 is 5.42. The first kappa shape index (κ1) is 20.3. The van der Waals surface area contributed by atoms with Gasteiger partial charge >= 0.3 is 0 Å². The number of aromatic nitrogens is 1. The second-order valence-electron chi connectivity index (χ2n) is 8.17. The van der Waals surface area contributed by atoms with Crippen molar-refractivity contribution in [2.24, 2.45) is 11.1 Å². The van der Waals surface area contributed by atoms with Gasteiger partial charge in [-0.05, 0) is 61.3 Å². The molecule has 6 heteroatoms. The average molecular weight is 404 g/mol. The molecule has 0 saturated carbocycles. The molecule has 2 aromatic rings. The summed E-state index contributed by atoms with van der Waals surface area (Å²) >= 11 is 0. The van der Waals surface area contributed by atoms with E-state index in [4.69, 9.17) is 15.9 Å². The number of nitrogens with two attached hydrogens (primary N) is 1. The summed E-state index contributed by atoms with van der Waals surface area (Å²) in [7, 11) is 0. The summed E-state index contributed by atoms with van der Waals surface area (Å²) in [6, 6.07) is 10.5. The van der Waals surface area contributed by atoms with Crippen LogP contribution in [-0.2, 0) is 11.3 Å². The van der Waals surface area contributed by atoms with Crippen LogP contribution in [0.3, 0.4) is 0 Å². The number of hydrogen-bond donors (Lipinski definition) is 3. The highest BCUT2D eigenvalue weighted by atomic mass is 16.5. The number of pyridine rings is 1. The van der Waals surface area contributed by atoms with Crippen molar-refractivity contribution in [1.82, 2.24) is 9.88 Å². The van der Waals surface area contributed by atoms with E-state index in [0.29, 0.717) is 11.0 Å². The molecular formula is C24H29N5O. The van der Waals surface area contributed by atoms with Gasteiger partial charge in [0.05, 0.1) is 13.2 Å². The minimum atomic E-state index is 0.490. The average Bonchev–Trinajstić information content (AvgIpc) is 2.76. The first-order chi connectivity index (χ1) is 14.7. The van der Waals surface area contributed by atoms with Crippen molar-refractivity contribution < 1.29 is 4.74 Å². The molecule has 2 aliphatic rings. The molecule has 0 amide bonds. The lowest BCUT2D eigenvalue weighted by atomic mass is 9.77. The highest BCUT2D eigenvalue weighted by Crippen LogP contribution is 2.38. The first-order valence-electron chi connectivity index (χ1n) is 10.4. The highest BCUT2D eigenvalue weighted by molar-refractivity contribution is 6.09. The number of piperidine rings is 1. The van der Waals surface area contributed by atoms with Crippen molar-refractivity contribution in [1.29, 1.82) is 5.41 Å². The maximum Gasteiger partial charge on any atom is 0.0545 e. The van der Waals surface area contributed by atoms with Gasteiger partial charge in [-0.25, -0.2) is 0 Å². The zero-order valence-electron chi connectivity index (χ0n) is 17.2. The molecule has 30 heavy (non-hydrogen) atoms. The summed E-state index contributed by atoms with van der Waals surface area (Å²) in [6.45, 7) is 5.24. The number of nitrogens with zero attached hydrogens (tertiary/aromatic N) is 2. The third kappa shape index (κ3) is 4.61. The van der Waals surface area contributed by atoms with Gasteiger partial charge in [-0.2, -0.15) is 0 Å². The smallest absolute Gasteiger partial charge is 0.0545 e. The van der Waals surface area contributed by atoms with Crippen molar-refractivity contribution in [3.8, 4) is 0 Å². The van der Waals surface area contributed by atoms with Gasteiger partial charge in [-0.3, -0.25) is 9.88 Å². The third-order valence-electron chi connectivity index (χ3n) is 6.10. The molecule has 0 atom stereocenters. The molecule has 0 aliphatic carbocycles. The van der Waals surface area contributed by atoms with Crippen molar-refractivity contribution in [3.05, 3.63) is 71.8 Å². The minimum absolute atomic E-state index is 0.490. The molecule has 0 radical (unpaired) electrons. The highest BCUT2D eigenvalue weighted by Gasteiger charge is 2.40. The Morgan fingerprint density at radius 2 is 1.97 bits per heavy atom. The quantitative estimate of drug-likeness (QED) is 0.613. The van der Waals surface area contributed by atoms with Gasteiger partial charge in [-0.15, -0.1) is 0 Å². The van der Waals surface area contributed by atoms with Crippen molar-refractivity contribution >= 4 is 23.6 Å². The molecule has 4 rings (SSSR count). The van der Waals surface area contributed by atoms with Crippen LogP contribution in [0.4, 0.5) is 5.69 Å². The Labute approximate surface area is 178 Å². The van der Waals surface area contributed by atoms with Gasteiger partial charge in [0.15, 0.2) is 0 Å². The monoisotopic (exact) mass is 403 g/mol. The van der Waals surface area contributed by atoms with Crippen molar-refractivity contribution in [2.45, 2.75) is 19.4 Å². The molecular weight excluding hydrogens is 374 g/mol. The number of anilines is 1. The topological polar surface area (TPSA) is 87.3 Å². The van der Waals surface area contributed by atoms with Crippen LogP contribution in [0.15, 0.2) is 55.1 Å². The van der Waals surface area contributed by atoms with E-state index in [9.17, 15) is 0 Å². The Bertz CT molecular complexity index is 921. The van der Waals surface area contributed by atoms with Gasteiger partial charge < -0.3 is 21.2 Å². The van der Waals surface area contributed by atoms with Gasteiger partial charge in [0, 0.05) is 59.8 Å². The van der Waals surface area contributed by atoms with E-state index < -0.39 is 0 Å². The fourth-order valence-electron chi connectivity index (χ4n) is 4.08. The van der Waals surface area contributed by atoms with E-state index in [1.807, 2.05) is 18.3 Å². The lowest BCUT2D eigenvalue weighted by molar-refractivity contribution is -0.140. The van der Waals surface area contributed by atoms with E-state index in [1.165, 1.54) is 30.8 Å². The van der Waals surface area contributed by atoms with Crippen molar-refractivity contribution in [3.63, 3.8) is 0 Å². The Kier molecular flexibility index (Phi) is 6.26. The van der Waals surface area contributed by atoms with Crippen LogP contribution >= 0.6 is 0 Å². The molecule has 6 nitrogen and oxygen atoms in total. The van der Waals surface area contributed by atoms with E-state index >= 15 is 0 Å². The summed E-state index contributed by atoms with van der Waals surface area (Å²) in [4.78, 5) is 6.72. The molecule has 2 saturated heterocycles. The van der Waals surface area contributed by atoms with Gasteiger partial charge in [-0.1, -0.05) is 12.1 Å². The zero-order chi connectivity index (χ0) is 20.8. The Morgan fingerprint density at radius 1 is 1.20 bits per heavy atom. The van der Waals surface area contributed by atoms with Crippen LogP contribution in [-0.4, -0.2) is 42.4 Å². The number of benzene rings is 1.